The van der Waals surface area contributed by atoms with Crippen molar-refractivity contribution in [3.8, 4) is 0 Å². The summed E-state index contributed by atoms with van der Waals surface area (Å²) in [4.78, 5) is 1.32. The second kappa shape index (κ2) is 6.78. The van der Waals surface area contributed by atoms with Crippen molar-refractivity contribution < 1.29 is 0 Å². The van der Waals surface area contributed by atoms with Crippen LogP contribution in [-0.4, -0.2) is 6.26 Å². The van der Waals surface area contributed by atoms with E-state index in [9.17, 15) is 0 Å². The van der Waals surface area contributed by atoms with Crippen LogP contribution in [0, 0.1) is 6.92 Å². The molecule has 0 aromatic heterocycles. The largest absolute Gasteiger partial charge is 0.306 e. The number of rotatable bonds is 5. The monoisotopic (exact) mass is 271 g/mol. The fourth-order valence-corrected chi connectivity index (χ4v) is 2.40. The van der Waals surface area contributed by atoms with E-state index >= 15 is 0 Å². The van der Waals surface area contributed by atoms with E-state index < -0.39 is 0 Å². The van der Waals surface area contributed by atoms with Crippen LogP contribution in [0.5, 0.6) is 0 Å². The summed E-state index contributed by atoms with van der Waals surface area (Å²) in [6.45, 7) is 5.24. The van der Waals surface area contributed by atoms with Gasteiger partial charge in [-0.05, 0) is 43.4 Å². The van der Waals surface area contributed by atoms with Gasteiger partial charge in [-0.1, -0.05) is 42.0 Å². The third kappa shape index (κ3) is 4.12. The van der Waals surface area contributed by atoms with Gasteiger partial charge in [-0.3, -0.25) is 0 Å². The van der Waals surface area contributed by atoms with E-state index in [1.807, 2.05) is 0 Å². The highest BCUT2D eigenvalue weighted by Crippen LogP contribution is 2.16. The Bertz CT molecular complexity index is 502. The highest BCUT2D eigenvalue weighted by Gasteiger charge is 2.04. The molecule has 19 heavy (non-hydrogen) atoms. The molecule has 0 fully saturated rings. The van der Waals surface area contributed by atoms with Crippen LogP contribution in [0.4, 0.5) is 0 Å². The van der Waals surface area contributed by atoms with E-state index in [4.69, 9.17) is 0 Å². The van der Waals surface area contributed by atoms with Crippen molar-refractivity contribution in [1.29, 1.82) is 0 Å². The zero-order valence-corrected chi connectivity index (χ0v) is 12.6. The summed E-state index contributed by atoms with van der Waals surface area (Å²) >= 11 is 1.78. The van der Waals surface area contributed by atoms with E-state index in [2.05, 4.69) is 74.0 Å². The SMILES string of the molecule is CSc1ccc(CN[C@H](C)c2ccc(C)cc2)cc1. The molecule has 2 rings (SSSR count). The molecule has 1 N–H and O–H groups in total. The van der Waals surface area contributed by atoms with Crippen LogP contribution >= 0.6 is 11.8 Å². The fourth-order valence-electron chi connectivity index (χ4n) is 1.99. The quantitative estimate of drug-likeness (QED) is 0.800. The van der Waals surface area contributed by atoms with Gasteiger partial charge in [0.2, 0.25) is 0 Å². The molecule has 0 bridgehead atoms. The molecule has 0 saturated heterocycles. The molecular formula is C17H21NS. The predicted octanol–water partition coefficient (Wildman–Crippen LogP) is 4.57. The number of hydrogen-bond acceptors (Lipinski definition) is 2. The minimum absolute atomic E-state index is 0.376. The van der Waals surface area contributed by atoms with Crippen molar-refractivity contribution in [2.75, 3.05) is 6.26 Å². The first-order chi connectivity index (χ1) is 9.19. The Kier molecular flexibility index (Phi) is 5.06. The van der Waals surface area contributed by atoms with Crippen molar-refractivity contribution in [3.63, 3.8) is 0 Å². The highest BCUT2D eigenvalue weighted by atomic mass is 32.2. The summed E-state index contributed by atoms with van der Waals surface area (Å²) in [5, 5.41) is 3.57. The number of aryl methyl sites for hydroxylation is 1. The normalized spacial score (nSPS) is 12.4. The smallest absolute Gasteiger partial charge is 0.0294 e. The summed E-state index contributed by atoms with van der Waals surface area (Å²) in [5.74, 6) is 0. The van der Waals surface area contributed by atoms with Crippen molar-refractivity contribution in [3.05, 3.63) is 65.2 Å². The van der Waals surface area contributed by atoms with Gasteiger partial charge < -0.3 is 5.32 Å². The zero-order valence-electron chi connectivity index (χ0n) is 11.8. The van der Waals surface area contributed by atoms with Crippen LogP contribution in [0.1, 0.15) is 29.7 Å². The van der Waals surface area contributed by atoms with Crippen LogP contribution < -0.4 is 5.32 Å². The third-order valence-corrected chi connectivity index (χ3v) is 4.09. The minimum atomic E-state index is 0.376. The number of thioether (sulfide) groups is 1. The van der Waals surface area contributed by atoms with Gasteiger partial charge in [-0.25, -0.2) is 0 Å². The Morgan fingerprint density at radius 1 is 1.00 bits per heavy atom. The molecule has 2 aromatic carbocycles. The molecule has 0 spiro atoms. The van der Waals surface area contributed by atoms with Gasteiger partial charge in [0.25, 0.3) is 0 Å². The van der Waals surface area contributed by atoms with Gasteiger partial charge in [0.15, 0.2) is 0 Å². The Morgan fingerprint density at radius 2 is 1.63 bits per heavy atom. The number of hydrogen-bond donors (Lipinski definition) is 1. The van der Waals surface area contributed by atoms with E-state index in [-0.39, 0.29) is 0 Å². The lowest BCUT2D eigenvalue weighted by Crippen LogP contribution is -2.17. The lowest BCUT2D eigenvalue weighted by atomic mass is 10.1. The molecule has 0 aliphatic rings. The minimum Gasteiger partial charge on any atom is -0.306 e. The van der Waals surface area contributed by atoms with Crippen LogP contribution in [0.15, 0.2) is 53.4 Å². The van der Waals surface area contributed by atoms with Gasteiger partial charge in [0.1, 0.15) is 0 Å². The number of nitrogens with one attached hydrogen (secondary N) is 1. The van der Waals surface area contributed by atoms with Gasteiger partial charge in [0.05, 0.1) is 0 Å². The average molecular weight is 271 g/mol. The Balaban J connectivity index is 1.92. The zero-order chi connectivity index (χ0) is 13.7. The molecule has 0 saturated carbocycles. The van der Waals surface area contributed by atoms with Crippen molar-refractivity contribution in [1.82, 2.24) is 5.32 Å². The molecule has 0 radical (unpaired) electrons. The molecule has 2 heteroatoms. The summed E-state index contributed by atoms with van der Waals surface area (Å²) in [5.41, 5.74) is 3.98. The first kappa shape index (κ1) is 14.2. The van der Waals surface area contributed by atoms with Crippen molar-refractivity contribution in [2.24, 2.45) is 0 Å². The van der Waals surface area contributed by atoms with Crippen LogP contribution in [0.2, 0.25) is 0 Å². The first-order valence-corrected chi connectivity index (χ1v) is 7.84. The van der Waals surface area contributed by atoms with E-state index in [1.54, 1.807) is 11.8 Å². The molecule has 1 atom stereocenters. The summed E-state index contributed by atoms with van der Waals surface area (Å²) in [7, 11) is 0. The van der Waals surface area contributed by atoms with Crippen molar-refractivity contribution >= 4 is 11.8 Å². The van der Waals surface area contributed by atoms with Gasteiger partial charge in [-0.2, -0.15) is 0 Å². The maximum absolute atomic E-state index is 3.57. The standard InChI is InChI=1S/C17H21NS/c1-13-4-8-16(9-5-13)14(2)18-12-15-6-10-17(19-3)11-7-15/h4-11,14,18H,12H2,1-3H3/t14-/m1/s1. The summed E-state index contributed by atoms with van der Waals surface area (Å²) < 4.78 is 0. The Morgan fingerprint density at radius 3 is 2.21 bits per heavy atom. The van der Waals surface area contributed by atoms with Crippen LogP contribution in [-0.2, 0) is 6.54 Å². The maximum atomic E-state index is 3.57. The molecular weight excluding hydrogens is 250 g/mol. The maximum Gasteiger partial charge on any atom is 0.0294 e. The Labute approximate surface area is 120 Å². The van der Waals surface area contributed by atoms with E-state index in [0.29, 0.717) is 6.04 Å². The van der Waals surface area contributed by atoms with Crippen LogP contribution in [0.3, 0.4) is 0 Å². The molecule has 0 unspecified atom stereocenters. The lowest BCUT2D eigenvalue weighted by molar-refractivity contribution is 0.574. The second-order valence-corrected chi connectivity index (χ2v) is 5.74. The van der Waals surface area contributed by atoms with E-state index in [1.165, 1.54) is 21.6 Å². The molecule has 1 nitrogen and oxygen atoms in total. The Hall–Kier alpha value is -1.25. The molecule has 0 amide bonds. The third-order valence-electron chi connectivity index (χ3n) is 3.35. The number of benzene rings is 2. The summed E-state index contributed by atoms with van der Waals surface area (Å²) in [6, 6.07) is 17.9. The lowest BCUT2D eigenvalue weighted by Gasteiger charge is -2.14. The average Bonchev–Trinajstić information content (AvgIpc) is 2.46. The molecule has 0 aliphatic carbocycles. The van der Waals surface area contributed by atoms with Crippen LogP contribution in [0.25, 0.3) is 0 Å². The second-order valence-electron chi connectivity index (χ2n) is 4.86. The highest BCUT2D eigenvalue weighted by molar-refractivity contribution is 7.98. The summed E-state index contributed by atoms with van der Waals surface area (Å²) in [6.07, 6.45) is 2.10. The van der Waals surface area contributed by atoms with Gasteiger partial charge in [-0.15, -0.1) is 11.8 Å². The van der Waals surface area contributed by atoms with E-state index in [0.717, 1.165) is 6.54 Å². The molecule has 100 valence electrons. The predicted molar refractivity (Wildman–Crippen MR) is 84.7 cm³/mol. The van der Waals surface area contributed by atoms with Gasteiger partial charge in [0, 0.05) is 17.5 Å². The van der Waals surface area contributed by atoms with Crippen molar-refractivity contribution in [2.45, 2.75) is 31.3 Å². The molecule has 0 heterocycles. The molecule has 0 aliphatic heterocycles. The van der Waals surface area contributed by atoms with Gasteiger partial charge >= 0.3 is 0 Å². The molecule has 2 aromatic rings. The fraction of sp³-hybridized carbons (Fsp3) is 0.294. The first-order valence-electron chi connectivity index (χ1n) is 6.62. The topological polar surface area (TPSA) is 12.0 Å².